The summed E-state index contributed by atoms with van der Waals surface area (Å²) in [4.78, 5) is 28.5. The van der Waals surface area contributed by atoms with Gasteiger partial charge >= 0.3 is 19.2 Å². The molecule has 1 atom stereocenters. The van der Waals surface area contributed by atoms with E-state index in [-0.39, 0.29) is 10.8 Å². The van der Waals surface area contributed by atoms with Crippen LogP contribution in [0.2, 0.25) is 5.02 Å². The zero-order valence-electron chi connectivity index (χ0n) is 9.36. The van der Waals surface area contributed by atoms with Crippen LogP contribution < -0.4 is 10.1 Å². The van der Waals surface area contributed by atoms with Crippen molar-refractivity contribution in [3.05, 3.63) is 29.3 Å². The van der Waals surface area contributed by atoms with E-state index < -0.39 is 25.8 Å². The molecule has 0 saturated heterocycles. The van der Waals surface area contributed by atoms with Crippen molar-refractivity contribution in [3.8, 4) is 5.75 Å². The number of aliphatic hydroxyl groups is 1. The average molecular weight is 312 g/mol. The molecule has 5 N–H and O–H groups in total. The van der Waals surface area contributed by atoms with E-state index >= 15 is 0 Å². The third kappa shape index (κ3) is 4.17. The third-order valence-electron chi connectivity index (χ3n) is 1.95. The molecule has 0 aliphatic carbocycles. The van der Waals surface area contributed by atoms with Crippen molar-refractivity contribution in [2.45, 2.75) is 5.65 Å². The molecule has 0 bridgehead atoms. The second kappa shape index (κ2) is 5.87. The van der Waals surface area contributed by atoms with Crippen LogP contribution in [0.4, 0.5) is 0 Å². The Bertz CT molecular complexity index is 519. The maximum Gasteiger partial charge on any atom is 0.414 e. The summed E-state index contributed by atoms with van der Waals surface area (Å²) in [7, 11) is -5.23. The Labute approximate surface area is 112 Å². The number of hydrogen-bond acceptors (Lipinski definition) is 5. The summed E-state index contributed by atoms with van der Waals surface area (Å²) in [6.45, 7) is -0.925. The summed E-state index contributed by atoms with van der Waals surface area (Å²) in [5.74, 6) is -1.65. The first-order valence-corrected chi connectivity index (χ1v) is 6.83. The van der Waals surface area contributed by atoms with Crippen LogP contribution in [0.25, 0.3) is 0 Å². The highest BCUT2D eigenvalue weighted by molar-refractivity contribution is 7.53. The summed E-state index contributed by atoms with van der Waals surface area (Å²) in [6.07, 6.45) is 0. The number of hydrogen-bond donors (Lipinski definition) is 5. The zero-order valence-corrected chi connectivity index (χ0v) is 11.0. The Hall–Kier alpha value is -1.15. The monoisotopic (exact) mass is 311 g/mol. The van der Waals surface area contributed by atoms with Crippen LogP contribution in [-0.4, -0.2) is 38.2 Å². The van der Waals surface area contributed by atoms with E-state index in [4.69, 9.17) is 31.2 Å². The molecule has 106 valence electrons. The van der Waals surface area contributed by atoms with Crippen LogP contribution in [0.15, 0.2) is 24.3 Å². The number of para-hydroxylation sites is 1. The number of aliphatic carboxylic acids is 1. The van der Waals surface area contributed by atoms with Crippen LogP contribution >= 0.6 is 19.2 Å². The van der Waals surface area contributed by atoms with Gasteiger partial charge in [0.1, 0.15) is 5.75 Å². The molecule has 0 aromatic heterocycles. The predicted molar refractivity (Wildman–Crippen MR) is 64.7 cm³/mol. The van der Waals surface area contributed by atoms with E-state index in [0.29, 0.717) is 0 Å². The minimum Gasteiger partial charge on any atom is -0.480 e. The molecule has 8 nitrogen and oxygen atoms in total. The van der Waals surface area contributed by atoms with Gasteiger partial charge in [0.25, 0.3) is 0 Å². The number of halogens is 1. The molecule has 10 heteroatoms. The number of carboxylic acids is 1. The van der Waals surface area contributed by atoms with Crippen molar-refractivity contribution >= 4 is 25.2 Å². The predicted octanol–water partition coefficient (Wildman–Crippen LogP) is 0.174. The lowest BCUT2D eigenvalue weighted by Crippen LogP contribution is -2.51. The van der Waals surface area contributed by atoms with Crippen LogP contribution in [0, 0.1) is 0 Å². The first kappa shape index (κ1) is 15.9. The minimum absolute atomic E-state index is 0.00787. The molecule has 0 saturated carbocycles. The van der Waals surface area contributed by atoms with Gasteiger partial charge in [-0.2, -0.15) is 0 Å². The maximum atomic E-state index is 11.2. The quantitative estimate of drug-likeness (QED) is 0.370. The highest BCUT2D eigenvalue weighted by Gasteiger charge is 2.49. The Morgan fingerprint density at radius 1 is 1.42 bits per heavy atom. The van der Waals surface area contributed by atoms with E-state index in [1.807, 2.05) is 0 Å². The molecular formula is C9H11ClNO7P. The molecule has 0 radical (unpaired) electrons. The highest BCUT2D eigenvalue weighted by atomic mass is 35.5. The normalized spacial score (nSPS) is 14.7. The van der Waals surface area contributed by atoms with Crippen molar-refractivity contribution in [2.24, 2.45) is 0 Å². The van der Waals surface area contributed by atoms with Crippen LogP contribution in [0.5, 0.6) is 5.75 Å². The van der Waals surface area contributed by atoms with Gasteiger partial charge in [-0.3, -0.25) is 9.36 Å². The zero-order chi connectivity index (χ0) is 14.7. The fraction of sp³-hybridized carbons (Fsp3) is 0.222. The van der Waals surface area contributed by atoms with E-state index in [9.17, 15) is 14.5 Å². The van der Waals surface area contributed by atoms with Crippen molar-refractivity contribution < 1.29 is 34.1 Å². The van der Waals surface area contributed by atoms with Gasteiger partial charge in [0, 0.05) is 0 Å². The molecule has 0 amide bonds. The summed E-state index contributed by atoms with van der Waals surface area (Å²) in [5.41, 5.74) is -3.18. The lowest BCUT2D eigenvalue weighted by molar-refractivity contribution is -0.142. The molecule has 1 aromatic rings. The van der Waals surface area contributed by atoms with E-state index in [1.165, 1.54) is 24.3 Å². The second-order valence-corrected chi connectivity index (χ2v) is 5.53. The fourth-order valence-corrected chi connectivity index (χ4v) is 1.75. The van der Waals surface area contributed by atoms with Gasteiger partial charge in [0.2, 0.25) is 0 Å². The number of carbonyl (C=O) groups is 1. The molecule has 0 spiro atoms. The van der Waals surface area contributed by atoms with Crippen LogP contribution in [0.1, 0.15) is 0 Å². The first-order valence-electron chi connectivity index (χ1n) is 4.84. The molecule has 19 heavy (non-hydrogen) atoms. The Kier molecular flexibility index (Phi) is 4.92. The SMILES string of the molecule is O=C(O)CNC(O)(Oc1ccccc1Cl)P(=O)(O)O. The molecule has 0 heterocycles. The fourth-order valence-electron chi connectivity index (χ4n) is 1.07. The largest absolute Gasteiger partial charge is 0.480 e. The van der Waals surface area contributed by atoms with Gasteiger partial charge < -0.3 is 24.7 Å². The van der Waals surface area contributed by atoms with Gasteiger partial charge in [-0.05, 0) is 12.1 Å². The van der Waals surface area contributed by atoms with Gasteiger partial charge in [-0.25, -0.2) is 5.32 Å². The maximum absolute atomic E-state index is 11.2. The number of rotatable bonds is 6. The van der Waals surface area contributed by atoms with Crippen molar-refractivity contribution in [2.75, 3.05) is 6.54 Å². The molecule has 1 rings (SSSR count). The van der Waals surface area contributed by atoms with Crippen molar-refractivity contribution in [1.82, 2.24) is 5.32 Å². The minimum atomic E-state index is -5.23. The molecule has 1 unspecified atom stereocenters. The van der Waals surface area contributed by atoms with E-state index in [1.54, 1.807) is 5.32 Å². The van der Waals surface area contributed by atoms with E-state index in [2.05, 4.69) is 0 Å². The Balaban J connectivity index is 3.02. The topological polar surface area (TPSA) is 136 Å². The Morgan fingerprint density at radius 3 is 2.47 bits per heavy atom. The molecule has 1 aromatic carbocycles. The lowest BCUT2D eigenvalue weighted by Gasteiger charge is -2.29. The highest BCUT2D eigenvalue weighted by Crippen LogP contribution is 2.48. The van der Waals surface area contributed by atoms with Gasteiger partial charge in [-0.15, -0.1) is 0 Å². The number of carboxylic acid groups (broad SMARTS) is 1. The summed E-state index contributed by atoms with van der Waals surface area (Å²) in [6, 6.07) is 5.62. The molecule has 0 aliphatic heterocycles. The molecular weight excluding hydrogens is 301 g/mol. The summed E-state index contributed by atoms with van der Waals surface area (Å²) in [5, 5.41) is 19.9. The summed E-state index contributed by atoms with van der Waals surface area (Å²) >= 11 is 5.71. The van der Waals surface area contributed by atoms with Crippen LogP contribution in [0.3, 0.4) is 0 Å². The van der Waals surface area contributed by atoms with E-state index in [0.717, 1.165) is 0 Å². The number of benzene rings is 1. The third-order valence-corrected chi connectivity index (χ3v) is 3.30. The lowest BCUT2D eigenvalue weighted by atomic mass is 10.3. The second-order valence-electron chi connectivity index (χ2n) is 3.43. The number of ether oxygens (including phenoxy) is 1. The van der Waals surface area contributed by atoms with Crippen molar-refractivity contribution in [1.29, 1.82) is 0 Å². The standard InChI is InChI=1S/C9H11ClNO7P/c10-6-3-1-2-4-7(6)18-9(14,19(15,16)17)11-5-8(12)13/h1-4,11,14H,5H2,(H,12,13)(H2,15,16,17). The summed E-state index contributed by atoms with van der Waals surface area (Å²) < 4.78 is 15.9. The van der Waals surface area contributed by atoms with Gasteiger partial charge in [0.15, 0.2) is 0 Å². The van der Waals surface area contributed by atoms with Crippen LogP contribution in [-0.2, 0) is 9.36 Å². The number of nitrogens with one attached hydrogen (secondary N) is 1. The molecule has 0 aliphatic rings. The van der Waals surface area contributed by atoms with Crippen molar-refractivity contribution in [3.63, 3.8) is 0 Å². The smallest absolute Gasteiger partial charge is 0.414 e. The first-order chi connectivity index (χ1) is 8.66. The van der Waals surface area contributed by atoms with Gasteiger partial charge in [-0.1, -0.05) is 23.7 Å². The van der Waals surface area contributed by atoms with Gasteiger partial charge in [0.05, 0.1) is 11.6 Å². The molecule has 0 fully saturated rings. The Morgan fingerprint density at radius 2 is 2.00 bits per heavy atom. The average Bonchev–Trinajstić information content (AvgIpc) is 2.28.